The summed E-state index contributed by atoms with van der Waals surface area (Å²) in [4.78, 5) is 25.8. The second kappa shape index (κ2) is 8.89. The molecule has 0 aromatic heterocycles. The van der Waals surface area contributed by atoms with Gasteiger partial charge in [-0.3, -0.25) is 4.79 Å². The molecule has 1 amide bonds. The smallest absolute Gasteiger partial charge is 0.341 e. The molecular formula is C19H18ClFN2O5S. The summed E-state index contributed by atoms with van der Waals surface area (Å²) in [6.07, 6.45) is 0. The molecule has 0 atom stereocenters. The molecule has 29 heavy (non-hydrogen) atoms. The highest BCUT2D eigenvalue weighted by atomic mass is 35.5. The van der Waals surface area contributed by atoms with Crippen molar-refractivity contribution in [2.24, 2.45) is 0 Å². The molecule has 7 nitrogen and oxygen atoms in total. The number of ether oxygens (including phenoxy) is 1. The molecule has 0 unspecified atom stereocenters. The van der Waals surface area contributed by atoms with Crippen LogP contribution in [0.2, 0.25) is 5.02 Å². The van der Waals surface area contributed by atoms with Gasteiger partial charge in [-0.2, -0.15) is 4.31 Å². The Morgan fingerprint density at radius 2 is 1.69 bits per heavy atom. The molecule has 0 radical (unpaired) electrons. The van der Waals surface area contributed by atoms with Crippen molar-refractivity contribution in [1.29, 1.82) is 0 Å². The molecule has 1 heterocycles. The van der Waals surface area contributed by atoms with Gasteiger partial charge in [-0.05, 0) is 30.3 Å². The summed E-state index contributed by atoms with van der Waals surface area (Å²) in [7, 11) is -3.62. The minimum absolute atomic E-state index is 0.128. The third kappa shape index (κ3) is 4.92. The summed E-state index contributed by atoms with van der Waals surface area (Å²) < 4.78 is 45.1. The fourth-order valence-electron chi connectivity index (χ4n) is 2.87. The molecule has 1 aliphatic rings. The summed E-state index contributed by atoms with van der Waals surface area (Å²) in [5, 5.41) is 0.137. The van der Waals surface area contributed by atoms with E-state index in [1.54, 1.807) is 18.2 Å². The van der Waals surface area contributed by atoms with Crippen molar-refractivity contribution in [3.63, 3.8) is 0 Å². The molecule has 1 aliphatic heterocycles. The molecule has 0 N–H and O–H groups in total. The summed E-state index contributed by atoms with van der Waals surface area (Å²) >= 11 is 5.63. The Morgan fingerprint density at radius 1 is 1.03 bits per heavy atom. The van der Waals surface area contributed by atoms with Crippen LogP contribution < -0.4 is 0 Å². The second-order valence-corrected chi connectivity index (χ2v) is 8.67. The van der Waals surface area contributed by atoms with Gasteiger partial charge in [-0.1, -0.05) is 29.8 Å². The zero-order chi connectivity index (χ0) is 21.0. The van der Waals surface area contributed by atoms with E-state index in [0.29, 0.717) is 0 Å². The highest BCUT2D eigenvalue weighted by molar-refractivity contribution is 7.89. The van der Waals surface area contributed by atoms with Crippen LogP contribution in [0.5, 0.6) is 0 Å². The molecule has 2 aromatic rings. The van der Waals surface area contributed by atoms with Crippen molar-refractivity contribution >= 4 is 33.5 Å². The van der Waals surface area contributed by atoms with Crippen LogP contribution in [0.3, 0.4) is 0 Å². The molecule has 1 fully saturated rings. The Balaban J connectivity index is 1.53. The number of esters is 1. The van der Waals surface area contributed by atoms with E-state index >= 15 is 0 Å². The van der Waals surface area contributed by atoms with Crippen molar-refractivity contribution in [2.75, 3.05) is 32.8 Å². The molecule has 3 rings (SSSR count). The first kappa shape index (κ1) is 21.2. The van der Waals surface area contributed by atoms with E-state index in [4.69, 9.17) is 16.3 Å². The lowest BCUT2D eigenvalue weighted by Gasteiger charge is -2.33. The largest absolute Gasteiger partial charge is 0.452 e. The highest BCUT2D eigenvalue weighted by Crippen LogP contribution is 2.18. The lowest BCUT2D eigenvalue weighted by molar-refractivity contribution is -0.135. The van der Waals surface area contributed by atoms with Crippen LogP contribution in [0.1, 0.15) is 10.4 Å². The van der Waals surface area contributed by atoms with Gasteiger partial charge in [0, 0.05) is 31.2 Å². The van der Waals surface area contributed by atoms with Crippen LogP contribution in [0.15, 0.2) is 53.4 Å². The lowest BCUT2D eigenvalue weighted by atomic mass is 10.2. The molecule has 0 bridgehead atoms. The first-order valence-corrected chi connectivity index (χ1v) is 10.6. The average molecular weight is 441 g/mol. The standard InChI is InChI=1S/C19H18ClFN2O5S/c20-14-6-7-16(17(21)12-14)19(25)28-13-18(24)22-8-10-23(11-9-22)29(26,27)15-4-2-1-3-5-15/h1-7,12H,8-11,13H2. The molecular weight excluding hydrogens is 423 g/mol. The Hall–Kier alpha value is -2.49. The first-order valence-electron chi connectivity index (χ1n) is 8.74. The maximum absolute atomic E-state index is 13.7. The number of benzene rings is 2. The Labute approximate surface area is 172 Å². The molecule has 0 aliphatic carbocycles. The maximum atomic E-state index is 13.7. The lowest BCUT2D eigenvalue weighted by Crippen LogP contribution is -2.51. The summed E-state index contributed by atoms with van der Waals surface area (Å²) in [5.74, 6) is -2.29. The number of hydrogen-bond donors (Lipinski definition) is 0. The van der Waals surface area contributed by atoms with E-state index in [2.05, 4.69) is 0 Å². The highest BCUT2D eigenvalue weighted by Gasteiger charge is 2.30. The third-order valence-corrected chi connectivity index (χ3v) is 6.60. The van der Waals surface area contributed by atoms with E-state index in [9.17, 15) is 22.4 Å². The number of halogens is 2. The Kier molecular flexibility index (Phi) is 6.51. The van der Waals surface area contributed by atoms with Crippen LogP contribution in [0, 0.1) is 5.82 Å². The van der Waals surface area contributed by atoms with Crippen LogP contribution in [0.4, 0.5) is 4.39 Å². The van der Waals surface area contributed by atoms with Crippen LogP contribution >= 0.6 is 11.6 Å². The van der Waals surface area contributed by atoms with Crippen molar-refractivity contribution in [3.05, 3.63) is 64.9 Å². The Morgan fingerprint density at radius 3 is 2.31 bits per heavy atom. The average Bonchev–Trinajstić information content (AvgIpc) is 2.72. The van der Waals surface area contributed by atoms with E-state index < -0.39 is 34.3 Å². The van der Waals surface area contributed by atoms with E-state index in [1.807, 2.05) is 0 Å². The quantitative estimate of drug-likeness (QED) is 0.665. The predicted octanol–water partition coefficient (Wildman–Crippen LogP) is 2.17. The maximum Gasteiger partial charge on any atom is 0.341 e. The minimum Gasteiger partial charge on any atom is -0.452 e. The number of sulfonamides is 1. The number of amides is 1. The molecule has 0 spiro atoms. The molecule has 0 saturated carbocycles. The first-order chi connectivity index (χ1) is 13.8. The molecule has 154 valence electrons. The Bertz CT molecular complexity index is 1010. The van der Waals surface area contributed by atoms with E-state index in [-0.39, 0.29) is 41.7 Å². The molecule has 10 heteroatoms. The van der Waals surface area contributed by atoms with Gasteiger partial charge in [0.25, 0.3) is 5.91 Å². The number of nitrogens with zero attached hydrogens (tertiary/aromatic N) is 2. The van der Waals surface area contributed by atoms with Crippen molar-refractivity contribution in [1.82, 2.24) is 9.21 Å². The fraction of sp³-hybridized carbons (Fsp3) is 0.263. The SMILES string of the molecule is O=C(OCC(=O)N1CCN(S(=O)(=O)c2ccccc2)CC1)c1ccc(Cl)cc1F. The van der Waals surface area contributed by atoms with Crippen molar-refractivity contribution < 1.29 is 27.1 Å². The molecule has 2 aromatic carbocycles. The van der Waals surface area contributed by atoms with Gasteiger partial charge < -0.3 is 9.64 Å². The van der Waals surface area contributed by atoms with Gasteiger partial charge in [0.2, 0.25) is 10.0 Å². The zero-order valence-corrected chi connectivity index (χ0v) is 16.8. The van der Waals surface area contributed by atoms with Crippen LogP contribution in [-0.4, -0.2) is 62.3 Å². The minimum atomic E-state index is -3.62. The second-order valence-electron chi connectivity index (χ2n) is 6.30. The third-order valence-electron chi connectivity index (χ3n) is 4.45. The van der Waals surface area contributed by atoms with Gasteiger partial charge in [0.15, 0.2) is 6.61 Å². The summed E-state index contributed by atoms with van der Waals surface area (Å²) in [6, 6.07) is 11.5. The van der Waals surface area contributed by atoms with Crippen molar-refractivity contribution in [2.45, 2.75) is 4.90 Å². The normalized spacial score (nSPS) is 15.2. The number of rotatable bonds is 5. The van der Waals surface area contributed by atoms with Gasteiger partial charge in [-0.25, -0.2) is 17.6 Å². The summed E-state index contributed by atoms with van der Waals surface area (Å²) in [6.45, 7) is 0.0211. The summed E-state index contributed by atoms with van der Waals surface area (Å²) in [5.41, 5.74) is -0.319. The molecule has 1 saturated heterocycles. The van der Waals surface area contributed by atoms with Crippen LogP contribution in [0.25, 0.3) is 0 Å². The monoisotopic (exact) mass is 440 g/mol. The topological polar surface area (TPSA) is 84.0 Å². The number of hydrogen-bond acceptors (Lipinski definition) is 5. The number of carbonyl (C=O) groups is 2. The van der Waals surface area contributed by atoms with Gasteiger partial charge in [-0.15, -0.1) is 0 Å². The zero-order valence-electron chi connectivity index (χ0n) is 15.3. The van der Waals surface area contributed by atoms with Gasteiger partial charge in [0.05, 0.1) is 10.5 Å². The van der Waals surface area contributed by atoms with Gasteiger partial charge >= 0.3 is 5.97 Å². The van der Waals surface area contributed by atoms with Gasteiger partial charge in [0.1, 0.15) is 5.82 Å². The fourth-order valence-corrected chi connectivity index (χ4v) is 4.47. The van der Waals surface area contributed by atoms with E-state index in [1.165, 1.54) is 33.5 Å². The number of piperazine rings is 1. The van der Waals surface area contributed by atoms with Crippen LogP contribution in [-0.2, 0) is 19.6 Å². The predicted molar refractivity (Wildman–Crippen MR) is 103 cm³/mol. The van der Waals surface area contributed by atoms with E-state index in [0.717, 1.165) is 6.07 Å². The number of carbonyl (C=O) groups excluding carboxylic acids is 2. The van der Waals surface area contributed by atoms with Crippen molar-refractivity contribution in [3.8, 4) is 0 Å².